The fourth-order valence-electron chi connectivity index (χ4n) is 1.21. The third-order valence-electron chi connectivity index (χ3n) is 2.07. The number of aromatic nitrogens is 2. The molecule has 0 aliphatic heterocycles. The third-order valence-corrected chi connectivity index (χ3v) is 3.22. The molecule has 0 bridgehead atoms. The van der Waals surface area contributed by atoms with Gasteiger partial charge in [0.05, 0.1) is 6.54 Å². The number of nitrogen functional groups attached to an aromatic ring is 1. The van der Waals surface area contributed by atoms with E-state index in [9.17, 15) is 0 Å². The maximum absolute atomic E-state index is 5.30. The van der Waals surface area contributed by atoms with Gasteiger partial charge in [0.1, 0.15) is 0 Å². The lowest BCUT2D eigenvalue weighted by atomic mass is 10.3. The monoisotopic (exact) mass is 224 g/mol. The lowest BCUT2D eigenvalue weighted by Gasteiger charge is -1.96. The van der Waals surface area contributed by atoms with Crippen LogP contribution < -0.4 is 11.1 Å². The van der Waals surface area contributed by atoms with E-state index >= 15 is 0 Å². The molecule has 0 amide bonds. The minimum atomic E-state index is 0.0797. The first kappa shape index (κ1) is 9.97. The molecule has 0 aliphatic rings. The van der Waals surface area contributed by atoms with Gasteiger partial charge in [-0.1, -0.05) is 10.2 Å². The summed E-state index contributed by atoms with van der Waals surface area (Å²) in [6.07, 6.45) is 0. The zero-order valence-corrected chi connectivity index (χ0v) is 9.39. The van der Waals surface area contributed by atoms with Gasteiger partial charge in [-0.3, -0.25) is 0 Å². The Morgan fingerprint density at radius 3 is 2.80 bits per heavy atom. The van der Waals surface area contributed by atoms with Crippen LogP contribution in [0.25, 0.3) is 0 Å². The average molecular weight is 224 g/mol. The van der Waals surface area contributed by atoms with Crippen molar-refractivity contribution in [3.63, 3.8) is 0 Å². The molecule has 0 aromatic carbocycles. The van der Waals surface area contributed by atoms with E-state index in [1.54, 1.807) is 11.3 Å². The Hall–Kier alpha value is -1.56. The van der Waals surface area contributed by atoms with Crippen molar-refractivity contribution in [2.24, 2.45) is 0 Å². The minimum absolute atomic E-state index is 0.0797. The van der Waals surface area contributed by atoms with E-state index in [-0.39, 0.29) is 6.01 Å². The van der Waals surface area contributed by atoms with Crippen LogP contribution in [0.1, 0.15) is 15.3 Å². The van der Waals surface area contributed by atoms with Crippen LogP contribution in [0.5, 0.6) is 0 Å². The van der Waals surface area contributed by atoms with E-state index in [1.807, 2.05) is 0 Å². The number of anilines is 2. The van der Waals surface area contributed by atoms with Crippen LogP contribution in [0.2, 0.25) is 0 Å². The summed E-state index contributed by atoms with van der Waals surface area (Å²) in [4.78, 5) is 2.57. The second-order valence-electron chi connectivity index (χ2n) is 3.25. The van der Waals surface area contributed by atoms with E-state index in [4.69, 9.17) is 10.2 Å². The summed E-state index contributed by atoms with van der Waals surface area (Å²) >= 11 is 1.76. The van der Waals surface area contributed by atoms with Crippen LogP contribution >= 0.6 is 11.3 Å². The fourth-order valence-corrected chi connectivity index (χ4v) is 2.20. The first-order chi connectivity index (χ1) is 7.15. The molecule has 2 rings (SSSR count). The molecule has 2 heterocycles. The molecule has 5 nitrogen and oxygen atoms in total. The highest BCUT2D eigenvalue weighted by atomic mass is 32.1. The SMILES string of the molecule is Cc1cc(CNc2nnc(N)o2)sc1C. The molecule has 3 N–H and O–H groups in total. The fraction of sp³-hybridized carbons (Fsp3) is 0.333. The zero-order chi connectivity index (χ0) is 10.8. The van der Waals surface area contributed by atoms with Crippen LogP contribution in [0.15, 0.2) is 10.5 Å². The van der Waals surface area contributed by atoms with Crippen LogP contribution in [0, 0.1) is 13.8 Å². The van der Waals surface area contributed by atoms with Gasteiger partial charge < -0.3 is 15.5 Å². The number of aryl methyl sites for hydroxylation is 2. The summed E-state index contributed by atoms with van der Waals surface area (Å²) < 4.78 is 4.99. The zero-order valence-electron chi connectivity index (χ0n) is 8.57. The van der Waals surface area contributed by atoms with Crippen molar-refractivity contribution >= 4 is 23.4 Å². The van der Waals surface area contributed by atoms with Gasteiger partial charge in [-0.05, 0) is 25.5 Å². The number of hydrogen-bond donors (Lipinski definition) is 2. The van der Waals surface area contributed by atoms with Crippen LogP contribution in [-0.2, 0) is 6.54 Å². The van der Waals surface area contributed by atoms with E-state index in [0.717, 1.165) is 0 Å². The van der Waals surface area contributed by atoms with Crippen molar-refractivity contribution in [3.05, 3.63) is 21.4 Å². The molecule has 15 heavy (non-hydrogen) atoms. The first-order valence-electron chi connectivity index (χ1n) is 4.54. The topological polar surface area (TPSA) is 77.0 Å². The molecule has 0 saturated carbocycles. The van der Waals surface area contributed by atoms with Gasteiger partial charge in [0.2, 0.25) is 0 Å². The first-order valence-corrected chi connectivity index (χ1v) is 5.35. The highest BCUT2D eigenvalue weighted by molar-refractivity contribution is 7.12. The molecule has 0 spiro atoms. The molecule has 0 atom stereocenters. The lowest BCUT2D eigenvalue weighted by Crippen LogP contribution is -1.97. The van der Waals surface area contributed by atoms with Crippen molar-refractivity contribution < 1.29 is 4.42 Å². The highest BCUT2D eigenvalue weighted by Gasteiger charge is 2.04. The number of hydrogen-bond acceptors (Lipinski definition) is 6. The minimum Gasteiger partial charge on any atom is -0.390 e. The van der Waals surface area contributed by atoms with Crippen LogP contribution in [0.4, 0.5) is 12.0 Å². The summed E-state index contributed by atoms with van der Waals surface area (Å²) in [5, 5.41) is 10.3. The molecule has 80 valence electrons. The van der Waals surface area contributed by atoms with Gasteiger partial charge in [-0.2, -0.15) is 0 Å². The average Bonchev–Trinajstić information content (AvgIpc) is 2.72. The van der Waals surface area contributed by atoms with Gasteiger partial charge in [0.25, 0.3) is 0 Å². The molecule has 2 aromatic heterocycles. The van der Waals surface area contributed by atoms with Gasteiger partial charge in [0, 0.05) is 9.75 Å². The summed E-state index contributed by atoms with van der Waals surface area (Å²) in [6.45, 7) is 4.88. The molecule has 6 heteroatoms. The predicted octanol–water partition coefficient (Wildman–Crippen LogP) is 1.94. The normalized spacial score (nSPS) is 10.5. The molecular weight excluding hydrogens is 212 g/mol. The van der Waals surface area contributed by atoms with Crippen molar-refractivity contribution in [3.8, 4) is 0 Å². The van der Waals surface area contributed by atoms with Gasteiger partial charge in [-0.25, -0.2) is 0 Å². The van der Waals surface area contributed by atoms with Crippen molar-refractivity contribution in [1.29, 1.82) is 0 Å². The standard InChI is InChI=1S/C9H12N4OS/c1-5-3-7(15-6(5)2)4-11-9-13-12-8(10)14-9/h3H,4H2,1-2H3,(H2,10,12)(H,11,13). The van der Waals surface area contributed by atoms with Gasteiger partial charge >= 0.3 is 12.0 Å². The van der Waals surface area contributed by atoms with Crippen molar-refractivity contribution in [1.82, 2.24) is 10.2 Å². The summed E-state index contributed by atoms with van der Waals surface area (Å²) in [7, 11) is 0. The molecule has 0 radical (unpaired) electrons. The molecule has 2 aromatic rings. The molecule has 0 fully saturated rings. The number of nitrogens with one attached hydrogen (secondary N) is 1. The Morgan fingerprint density at radius 1 is 1.47 bits per heavy atom. The largest absolute Gasteiger partial charge is 0.390 e. The second-order valence-corrected chi connectivity index (χ2v) is 4.59. The van der Waals surface area contributed by atoms with E-state index in [1.165, 1.54) is 15.3 Å². The Balaban J connectivity index is 1.99. The third kappa shape index (κ3) is 2.27. The predicted molar refractivity (Wildman–Crippen MR) is 59.8 cm³/mol. The summed E-state index contributed by atoms with van der Waals surface area (Å²) in [6, 6.07) is 2.58. The Bertz CT molecular complexity index is 443. The molecule has 0 unspecified atom stereocenters. The molecular formula is C9H12N4OS. The van der Waals surface area contributed by atoms with Crippen molar-refractivity contribution in [2.75, 3.05) is 11.1 Å². The van der Waals surface area contributed by atoms with Crippen molar-refractivity contribution in [2.45, 2.75) is 20.4 Å². The second kappa shape index (κ2) is 3.90. The number of thiophene rings is 1. The quantitative estimate of drug-likeness (QED) is 0.833. The summed E-state index contributed by atoms with van der Waals surface area (Å²) in [5.74, 6) is 0. The number of nitrogens with two attached hydrogens (primary N) is 1. The Labute approximate surface area is 91.3 Å². The summed E-state index contributed by atoms with van der Waals surface area (Å²) in [5.41, 5.74) is 6.61. The number of nitrogens with zero attached hydrogens (tertiary/aromatic N) is 2. The maximum atomic E-state index is 5.30. The maximum Gasteiger partial charge on any atom is 0.317 e. The van der Waals surface area contributed by atoms with Gasteiger partial charge in [-0.15, -0.1) is 11.3 Å². The lowest BCUT2D eigenvalue weighted by molar-refractivity contribution is 0.586. The Morgan fingerprint density at radius 2 is 2.27 bits per heavy atom. The number of rotatable bonds is 3. The van der Waals surface area contributed by atoms with Crippen LogP contribution in [-0.4, -0.2) is 10.2 Å². The smallest absolute Gasteiger partial charge is 0.317 e. The van der Waals surface area contributed by atoms with E-state index in [2.05, 4.69) is 35.4 Å². The molecule has 0 saturated heterocycles. The van der Waals surface area contributed by atoms with Crippen LogP contribution in [0.3, 0.4) is 0 Å². The van der Waals surface area contributed by atoms with E-state index in [0.29, 0.717) is 12.6 Å². The Kier molecular flexibility index (Phi) is 2.59. The van der Waals surface area contributed by atoms with E-state index < -0.39 is 0 Å². The highest BCUT2D eigenvalue weighted by Crippen LogP contribution is 2.21. The van der Waals surface area contributed by atoms with Gasteiger partial charge in [0.15, 0.2) is 0 Å². The molecule has 0 aliphatic carbocycles.